The van der Waals surface area contributed by atoms with Crippen LogP contribution in [-0.4, -0.2) is 22.8 Å². The van der Waals surface area contributed by atoms with Gasteiger partial charge in [0.25, 0.3) is 0 Å². The Bertz CT molecular complexity index is 448. The molecule has 86 valence electrons. The van der Waals surface area contributed by atoms with Crippen LogP contribution in [0.1, 0.15) is 19.3 Å². The lowest BCUT2D eigenvalue weighted by atomic mass is 10.3. The topological polar surface area (TPSA) is 56.1 Å². The van der Waals surface area contributed by atoms with Gasteiger partial charge in [-0.15, -0.1) is 5.10 Å². The molecule has 16 heavy (non-hydrogen) atoms. The smallest absolute Gasteiger partial charge is 0.234 e. The number of aryl methyl sites for hydroxylation is 1. The first-order valence-corrected chi connectivity index (χ1v) is 5.53. The third-order valence-corrected chi connectivity index (χ3v) is 3.72. The van der Waals surface area contributed by atoms with E-state index in [1.807, 2.05) is 0 Å². The molecule has 3 rings (SSSR count). The van der Waals surface area contributed by atoms with Crippen LogP contribution in [0.25, 0.3) is 0 Å². The highest BCUT2D eigenvalue weighted by Gasteiger charge is 2.65. The minimum Gasteiger partial charge on any atom is -0.480 e. The summed E-state index contributed by atoms with van der Waals surface area (Å²) in [5.74, 6) is 1.58. The van der Waals surface area contributed by atoms with Gasteiger partial charge in [-0.1, -0.05) is 0 Å². The zero-order valence-electron chi connectivity index (χ0n) is 9.49. The van der Waals surface area contributed by atoms with Crippen LogP contribution in [0.2, 0.25) is 0 Å². The molecule has 0 saturated heterocycles. The van der Waals surface area contributed by atoms with Gasteiger partial charge in [-0.3, -0.25) is 4.79 Å². The van der Waals surface area contributed by atoms with Gasteiger partial charge in [-0.05, 0) is 24.7 Å². The summed E-state index contributed by atoms with van der Waals surface area (Å²) in [5.41, 5.74) is 0.396. The molecule has 1 unspecified atom stereocenters. The monoisotopic (exact) mass is 221 g/mol. The molecule has 1 atom stereocenters. The highest BCUT2D eigenvalue weighted by molar-refractivity contribution is 5.95. The van der Waals surface area contributed by atoms with E-state index in [2.05, 4.69) is 10.4 Å². The van der Waals surface area contributed by atoms with E-state index >= 15 is 0 Å². The van der Waals surface area contributed by atoms with Crippen molar-refractivity contribution in [3.05, 3.63) is 6.07 Å². The average molecular weight is 221 g/mol. The summed E-state index contributed by atoms with van der Waals surface area (Å²) in [7, 11) is 3.35. The van der Waals surface area contributed by atoms with E-state index in [9.17, 15) is 4.79 Å². The number of carbonyl (C=O) groups is 1. The van der Waals surface area contributed by atoms with Crippen molar-refractivity contribution in [3.8, 4) is 5.88 Å². The van der Waals surface area contributed by atoms with Crippen LogP contribution < -0.4 is 10.1 Å². The number of nitrogens with one attached hydrogen (secondary N) is 1. The second kappa shape index (κ2) is 2.99. The van der Waals surface area contributed by atoms with Crippen LogP contribution in [0, 0.1) is 11.3 Å². The first-order chi connectivity index (χ1) is 7.64. The number of hydrogen-bond acceptors (Lipinski definition) is 3. The predicted molar refractivity (Wildman–Crippen MR) is 58.2 cm³/mol. The van der Waals surface area contributed by atoms with Crippen LogP contribution in [0.4, 0.5) is 5.82 Å². The highest BCUT2D eigenvalue weighted by Crippen LogP contribution is 2.70. The van der Waals surface area contributed by atoms with Crippen molar-refractivity contribution < 1.29 is 9.53 Å². The van der Waals surface area contributed by atoms with Crippen molar-refractivity contribution in [1.29, 1.82) is 0 Å². The Kier molecular flexibility index (Phi) is 1.81. The molecular weight excluding hydrogens is 206 g/mol. The molecule has 1 aromatic rings. The SMILES string of the molecule is COc1cc(NC(=O)C2CC23CC3)n(C)n1. The lowest BCUT2D eigenvalue weighted by molar-refractivity contribution is -0.117. The Labute approximate surface area is 93.8 Å². The summed E-state index contributed by atoms with van der Waals surface area (Å²) in [5, 5.41) is 7.00. The maximum Gasteiger partial charge on any atom is 0.234 e. The minimum absolute atomic E-state index is 0.128. The average Bonchev–Trinajstić information content (AvgIpc) is 3.16. The van der Waals surface area contributed by atoms with Crippen molar-refractivity contribution in [2.75, 3.05) is 12.4 Å². The number of anilines is 1. The van der Waals surface area contributed by atoms with Crippen molar-refractivity contribution in [3.63, 3.8) is 0 Å². The Morgan fingerprint density at radius 2 is 2.44 bits per heavy atom. The molecule has 5 nitrogen and oxygen atoms in total. The maximum atomic E-state index is 11.9. The number of amides is 1. The summed E-state index contributed by atoms with van der Waals surface area (Å²) in [6.45, 7) is 0. The fourth-order valence-corrected chi connectivity index (χ4v) is 2.30. The number of ether oxygens (including phenoxy) is 1. The van der Waals surface area contributed by atoms with Gasteiger partial charge in [0.15, 0.2) is 0 Å². The fourth-order valence-electron chi connectivity index (χ4n) is 2.30. The van der Waals surface area contributed by atoms with Crippen molar-refractivity contribution in [1.82, 2.24) is 9.78 Å². The van der Waals surface area contributed by atoms with Gasteiger partial charge < -0.3 is 10.1 Å². The maximum absolute atomic E-state index is 11.9. The Balaban J connectivity index is 1.69. The second-order valence-electron chi connectivity index (χ2n) is 4.80. The fraction of sp³-hybridized carbons (Fsp3) is 0.636. The first-order valence-electron chi connectivity index (χ1n) is 5.53. The van der Waals surface area contributed by atoms with Gasteiger partial charge in [0.1, 0.15) is 5.82 Å². The van der Waals surface area contributed by atoms with E-state index in [0.717, 1.165) is 6.42 Å². The van der Waals surface area contributed by atoms with E-state index in [1.165, 1.54) is 12.8 Å². The molecule has 0 radical (unpaired) electrons. The molecule has 1 aromatic heterocycles. The molecule has 2 saturated carbocycles. The van der Waals surface area contributed by atoms with Gasteiger partial charge >= 0.3 is 0 Å². The minimum atomic E-state index is 0.128. The second-order valence-corrected chi connectivity index (χ2v) is 4.80. The highest BCUT2D eigenvalue weighted by atomic mass is 16.5. The van der Waals surface area contributed by atoms with Crippen LogP contribution in [0.5, 0.6) is 5.88 Å². The Hall–Kier alpha value is -1.52. The summed E-state index contributed by atoms with van der Waals surface area (Å²) in [4.78, 5) is 11.9. The molecule has 2 fully saturated rings. The molecule has 1 amide bonds. The quantitative estimate of drug-likeness (QED) is 0.833. The molecule has 1 N–H and O–H groups in total. The van der Waals surface area contributed by atoms with Crippen LogP contribution in [0.3, 0.4) is 0 Å². The predicted octanol–water partition coefficient (Wildman–Crippen LogP) is 1.17. The first kappa shape index (κ1) is 9.69. The van der Waals surface area contributed by atoms with Gasteiger partial charge in [-0.25, -0.2) is 4.68 Å². The third kappa shape index (κ3) is 1.38. The Morgan fingerprint density at radius 1 is 1.69 bits per heavy atom. The summed E-state index contributed by atoms with van der Waals surface area (Å²) in [6.07, 6.45) is 3.51. The molecule has 2 aliphatic carbocycles. The van der Waals surface area contributed by atoms with Crippen molar-refractivity contribution >= 4 is 11.7 Å². The molecule has 0 aromatic carbocycles. The normalized spacial score (nSPS) is 24.2. The lowest BCUT2D eigenvalue weighted by Crippen LogP contribution is -2.17. The van der Waals surface area contributed by atoms with Gasteiger partial charge in [0, 0.05) is 19.0 Å². The van der Waals surface area contributed by atoms with Crippen molar-refractivity contribution in [2.24, 2.45) is 18.4 Å². The molecule has 0 bridgehead atoms. The zero-order chi connectivity index (χ0) is 11.3. The van der Waals surface area contributed by atoms with E-state index in [0.29, 0.717) is 17.1 Å². The number of rotatable bonds is 3. The van der Waals surface area contributed by atoms with Gasteiger partial charge in [0.05, 0.1) is 7.11 Å². The van der Waals surface area contributed by atoms with Gasteiger partial charge in [-0.2, -0.15) is 0 Å². The van der Waals surface area contributed by atoms with E-state index in [1.54, 1.807) is 24.9 Å². The molecule has 1 heterocycles. The van der Waals surface area contributed by atoms with E-state index in [-0.39, 0.29) is 11.8 Å². The molecule has 1 spiro atoms. The third-order valence-electron chi connectivity index (χ3n) is 3.72. The van der Waals surface area contributed by atoms with E-state index in [4.69, 9.17) is 4.74 Å². The van der Waals surface area contributed by atoms with Gasteiger partial charge in [0.2, 0.25) is 11.8 Å². The van der Waals surface area contributed by atoms with Crippen molar-refractivity contribution in [2.45, 2.75) is 19.3 Å². The molecular formula is C11H15N3O2. The number of methoxy groups -OCH3 is 1. The summed E-state index contributed by atoms with van der Waals surface area (Å²) in [6, 6.07) is 1.74. The standard InChI is InChI=1S/C11H15N3O2/c1-14-8(5-9(13-14)16-2)12-10(15)7-6-11(7)3-4-11/h5,7H,3-4,6H2,1-2H3,(H,12,15). The van der Waals surface area contributed by atoms with Crippen LogP contribution >= 0.6 is 0 Å². The lowest BCUT2D eigenvalue weighted by Gasteiger charge is -2.03. The number of aromatic nitrogens is 2. The number of carbonyl (C=O) groups excluding carboxylic acids is 1. The molecule has 0 aliphatic heterocycles. The molecule has 5 heteroatoms. The summed E-state index contributed by atoms with van der Waals surface area (Å²) >= 11 is 0. The number of nitrogens with zero attached hydrogens (tertiary/aromatic N) is 2. The van der Waals surface area contributed by atoms with Crippen LogP contribution in [0.15, 0.2) is 6.07 Å². The van der Waals surface area contributed by atoms with E-state index < -0.39 is 0 Å². The Morgan fingerprint density at radius 3 is 2.94 bits per heavy atom. The summed E-state index contributed by atoms with van der Waals surface area (Å²) < 4.78 is 6.63. The largest absolute Gasteiger partial charge is 0.480 e. The molecule has 2 aliphatic rings. The van der Waals surface area contributed by atoms with Crippen LogP contribution in [-0.2, 0) is 11.8 Å². The number of hydrogen-bond donors (Lipinski definition) is 1. The zero-order valence-corrected chi connectivity index (χ0v) is 9.49.